The minimum absolute atomic E-state index is 0.933. The number of rotatable bonds is 1. The second kappa shape index (κ2) is 3.86. The highest BCUT2D eigenvalue weighted by molar-refractivity contribution is 7.26. The lowest BCUT2D eigenvalue weighted by molar-refractivity contribution is 0.416. The van der Waals surface area contributed by atoms with Crippen LogP contribution in [0.1, 0.15) is 0 Å². The number of hydrogen-bond donors (Lipinski definition) is 0. The van der Waals surface area contributed by atoms with Gasteiger partial charge in [-0.2, -0.15) is 0 Å². The summed E-state index contributed by atoms with van der Waals surface area (Å²) in [5.74, 6) is 0.933. The quantitative estimate of drug-likeness (QED) is 0.354. The molecule has 0 amide bonds. The van der Waals surface area contributed by atoms with E-state index in [4.69, 9.17) is 4.74 Å². The predicted octanol–water partition coefficient (Wildman–Crippen LogP) is 5.81. The van der Waals surface area contributed by atoms with Crippen molar-refractivity contribution in [2.24, 2.45) is 0 Å². The molecule has 0 aliphatic carbocycles. The van der Waals surface area contributed by atoms with Gasteiger partial charge in [0.2, 0.25) is 0 Å². The average molecular weight is 288 g/mol. The lowest BCUT2D eigenvalue weighted by Gasteiger charge is -2.10. The molecule has 0 aliphatic heterocycles. The second-order valence-corrected chi connectivity index (χ2v) is 6.46. The van der Waals surface area contributed by atoms with Crippen molar-refractivity contribution in [2.75, 3.05) is 7.11 Å². The molecule has 0 bridgehead atoms. The van der Waals surface area contributed by atoms with Crippen molar-refractivity contribution >= 4 is 53.1 Å². The van der Waals surface area contributed by atoms with E-state index < -0.39 is 0 Å². The largest absolute Gasteiger partial charge is 0.497 e. The van der Waals surface area contributed by atoms with Crippen molar-refractivity contribution in [3.63, 3.8) is 0 Å². The molecule has 0 spiro atoms. The zero-order chi connectivity index (χ0) is 14.0. The normalized spacial score (nSPS) is 12.0. The third-order valence-electron chi connectivity index (χ3n) is 4.31. The SMILES string of the molecule is COc1cc2sc3cccc4c5ccccc5c(c1)c2c34. The summed E-state index contributed by atoms with van der Waals surface area (Å²) in [6.07, 6.45) is 0. The van der Waals surface area contributed by atoms with Gasteiger partial charge in [0, 0.05) is 20.2 Å². The number of hydrogen-bond acceptors (Lipinski definition) is 2. The van der Waals surface area contributed by atoms with Crippen molar-refractivity contribution in [3.8, 4) is 5.75 Å². The number of thiophene rings is 1. The maximum Gasteiger partial charge on any atom is 0.120 e. The molecule has 100 valence electrons. The molecule has 5 rings (SSSR count). The van der Waals surface area contributed by atoms with E-state index in [0.29, 0.717) is 0 Å². The van der Waals surface area contributed by atoms with Crippen LogP contribution >= 0.6 is 11.3 Å². The Hall–Kier alpha value is -2.32. The zero-order valence-electron chi connectivity index (χ0n) is 11.5. The summed E-state index contributed by atoms with van der Waals surface area (Å²) in [6, 6.07) is 19.6. The Balaban J connectivity index is 2.24. The summed E-state index contributed by atoms with van der Waals surface area (Å²) in [7, 11) is 1.74. The summed E-state index contributed by atoms with van der Waals surface area (Å²) in [5, 5.41) is 8.05. The van der Waals surface area contributed by atoms with Crippen LogP contribution in [0.4, 0.5) is 0 Å². The van der Waals surface area contributed by atoms with Gasteiger partial charge >= 0.3 is 0 Å². The van der Waals surface area contributed by atoms with Gasteiger partial charge < -0.3 is 4.74 Å². The highest BCUT2D eigenvalue weighted by atomic mass is 32.1. The lowest BCUT2D eigenvalue weighted by atomic mass is 9.94. The molecule has 0 atom stereocenters. The summed E-state index contributed by atoms with van der Waals surface area (Å²) in [5.41, 5.74) is 0. The standard InChI is InChI=1S/C19H12OS/c1-20-11-9-15-13-6-3-2-5-12(13)14-7-4-8-16-18(14)19(15)17(10-11)21-16/h2-10H,1H3. The summed E-state index contributed by atoms with van der Waals surface area (Å²) < 4.78 is 8.16. The lowest BCUT2D eigenvalue weighted by Crippen LogP contribution is -1.85. The molecule has 0 saturated carbocycles. The number of benzene rings is 4. The van der Waals surface area contributed by atoms with Crippen molar-refractivity contribution in [1.82, 2.24) is 0 Å². The van der Waals surface area contributed by atoms with Crippen LogP contribution in [0.25, 0.3) is 41.7 Å². The summed E-state index contributed by atoms with van der Waals surface area (Å²) >= 11 is 1.85. The van der Waals surface area contributed by atoms with E-state index in [1.807, 2.05) is 11.3 Å². The molecule has 0 fully saturated rings. The summed E-state index contributed by atoms with van der Waals surface area (Å²) in [4.78, 5) is 0. The number of ether oxygens (including phenoxy) is 1. The van der Waals surface area contributed by atoms with Crippen LogP contribution in [0.5, 0.6) is 5.75 Å². The molecule has 0 N–H and O–H groups in total. The Morgan fingerprint density at radius 3 is 2.24 bits per heavy atom. The topological polar surface area (TPSA) is 9.23 Å². The Morgan fingerprint density at radius 2 is 1.43 bits per heavy atom. The maximum atomic E-state index is 5.50. The van der Waals surface area contributed by atoms with Crippen LogP contribution in [0, 0.1) is 0 Å². The van der Waals surface area contributed by atoms with Crippen LogP contribution in [0.3, 0.4) is 0 Å². The van der Waals surface area contributed by atoms with Crippen LogP contribution in [0.15, 0.2) is 54.6 Å². The molecule has 0 radical (unpaired) electrons. The molecule has 5 aromatic rings. The molecule has 0 unspecified atom stereocenters. The van der Waals surface area contributed by atoms with Gasteiger partial charge in [-0.1, -0.05) is 36.4 Å². The Labute approximate surface area is 125 Å². The molecular weight excluding hydrogens is 276 g/mol. The molecule has 1 nitrogen and oxygen atoms in total. The van der Waals surface area contributed by atoms with Gasteiger partial charge in [0.25, 0.3) is 0 Å². The number of methoxy groups -OCH3 is 1. The van der Waals surface area contributed by atoms with E-state index in [-0.39, 0.29) is 0 Å². The first-order valence-corrected chi connectivity index (χ1v) is 7.81. The number of fused-ring (bicyclic) bond motifs is 3. The molecule has 2 heteroatoms. The van der Waals surface area contributed by atoms with E-state index in [1.54, 1.807) is 7.11 Å². The minimum Gasteiger partial charge on any atom is -0.497 e. The highest BCUT2D eigenvalue weighted by Gasteiger charge is 2.16. The molecule has 0 saturated heterocycles. The summed E-state index contributed by atoms with van der Waals surface area (Å²) in [6.45, 7) is 0. The maximum absolute atomic E-state index is 5.50. The fourth-order valence-corrected chi connectivity index (χ4v) is 4.62. The van der Waals surface area contributed by atoms with E-state index in [9.17, 15) is 0 Å². The third kappa shape index (κ3) is 1.35. The van der Waals surface area contributed by atoms with Crippen LogP contribution in [-0.2, 0) is 0 Å². The molecule has 21 heavy (non-hydrogen) atoms. The molecule has 1 heterocycles. The van der Waals surface area contributed by atoms with Crippen molar-refractivity contribution in [1.29, 1.82) is 0 Å². The second-order valence-electron chi connectivity index (χ2n) is 5.37. The predicted molar refractivity (Wildman–Crippen MR) is 92.1 cm³/mol. The van der Waals surface area contributed by atoms with E-state index >= 15 is 0 Å². The monoisotopic (exact) mass is 288 g/mol. The van der Waals surface area contributed by atoms with E-state index in [0.717, 1.165) is 5.75 Å². The van der Waals surface area contributed by atoms with Gasteiger partial charge in [-0.05, 0) is 39.7 Å². The van der Waals surface area contributed by atoms with Gasteiger partial charge in [-0.3, -0.25) is 0 Å². The van der Waals surface area contributed by atoms with E-state index in [1.165, 1.54) is 41.7 Å². The van der Waals surface area contributed by atoms with Crippen molar-refractivity contribution in [2.45, 2.75) is 0 Å². The first-order chi connectivity index (χ1) is 10.4. The third-order valence-corrected chi connectivity index (χ3v) is 5.42. The molecule has 1 aromatic heterocycles. The smallest absolute Gasteiger partial charge is 0.120 e. The minimum atomic E-state index is 0.933. The van der Waals surface area contributed by atoms with Crippen LogP contribution in [0.2, 0.25) is 0 Å². The molecule has 4 aromatic carbocycles. The van der Waals surface area contributed by atoms with Gasteiger partial charge in [-0.15, -0.1) is 11.3 Å². The Kier molecular flexibility index (Phi) is 2.09. The first kappa shape index (κ1) is 11.4. The fourth-order valence-electron chi connectivity index (χ4n) is 3.43. The van der Waals surface area contributed by atoms with Crippen LogP contribution in [-0.4, -0.2) is 7.11 Å². The van der Waals surface area contributed by atoms with Crippen molar-refractivity contribution < 1.29 is 4.74 Å². The van der Waals surface area contributed by atoms with Crippen LogP contribution < -0.4 is 4.74 Å². The van der Waals surface area contributed by atoms with Crippen molar-refractivity contribution in [3.05, 3.63) is 54.6 Å². The van der Waals surface area contributed by atoms with Gasteiger partial charge in [0.05, 0.1) is 7.11 Å². The first-order valence-electron chi connectivity index (χ1n) is 7.00. The van der Waals surface area contributed by atoms with E-state index in [2.05, 4.69) is 54.6 Å². The average Bonchev–Trinajstić information content (AvgIpc) is 2.92. The van der Waals surface area contributed by atoms with Gasteiger partial charge in [-0.25, -0.2) is 0 Å². The molecule has 0 aliphatic rings. The molecular formula is C19H12OS. The van der Waals surface area contributed by atoms with Gasteiger partial charge in [0.15, 0.2) is 0 Å². The Morgan fingerprint density at radius 1 is 0.714 bits per heavy atom. The Bertz CT molecular complexity index is 1120. The zero-order valence-corrected chi connectivity index (χ0v) is 12.3. The highest BCUT2D eigenvalue weighted by Crippen LogP contribution is 2.46. The van der Waals surface area contributed by atoms with Gasteiger partial charge in [0.1, 0.15) is 5.75 Å². The fraction of sp³-hybridized carbons (Fsp3) is 0.0526.